The Labute approximate surface area is 144 Å². The first-order valence-electron chi connectivity index (χ1n) is 7.59. The van der Waals surface area contributed by atoms with E-state index in [0.29, 0.717) is 16.4 Å². The van der Waals surface area contributed by atoms with Gasteiger partial charge in [0, 0.05) is 36.7 Å². The lowest BCUT2D eigenvalue weighted by Crippen LogP contribution is -2.33. The van der Waals surface area contributed by atoms with Gasteiger partial charge in [-0.25, -0.2) is 9.97 Å². The minimum Gasteiger partial charge on any atom is -0.322 e. The first-order chi connectivity index (χ1) is 11.5. The van der Waals surface area contributed by atoms with E-state index in [4.69, 9.17) is 0 Å². The van der Waals surface area contributed by atoms with Crippen LogP contribution in [-0.2, 0) is 11.2 Å². The van der Waals surface area contributed by atoms with E-state index in [9.17, 15) is 9.59 Å². The van der Waals surface area contributed by atoms with Crippen molar-refractivity contribution in [2.24, 2.45) is 0 Å². The maximum absolute atomic E-state index is 12.3. The highest BCUT2D eigenvalue weighted by atomic mass is 32.2. The molecule has 1 aliphatic rings. The minimum absolute atomic E-state index is 0.0315. The van der Waals surface area contributed by atoms with Gasteiger partial charge in [-0.15, -0.1) is 0 Å². The van der Waals surface area contributed by atoms with Crippen LogP contribution in [0, 0.1) is 0 Å². The van der Waals surface area contributed by atoms with Crippen LogP contribution >= 0.6 is 11.8 Å². The molecule has 1 aromatic carbocycles. The van der Waals surface area contributed by atoms with E-state index in [1.54, 1.807) is 11.8 Å². The maximum Gasteiger partial charge on any atom is 0.258 e. The summed E-state index contributed by atoms with van der Waals surface area (Å²) in [6.45, 7) is 3.59. The summed E-state index contributed by atoms with van der Waals surface area (Å²) in [6.07, 6.45) is 5.69. The van der Waals surface area contributed by atoms with Crippen LogP contribution in [0.2, 0.25) is 0 Å². The van der Waals surface area contributed by atoms with Gasteiger partial charge in [-0.3, -0.25) is 9.59 Å². The van der Waals surface area contributed by atoms with Crippen molar-refractivity contribution in [3.63, 3.8) is 0 Å². The molecule has 0 bridgehead atoms. The molecule has 2 aromatic rings. The molecule has 1 aliphatic heterocycles. The molecule has 1 aromatic heterocycles. The Morgan fingerprint density at radius 1 is 1.29 bits per heavy atom. The third-order valence-electron chi connectivity index (χ3n) is 3.97. The van der Waals surface area contributed by atoms with Crippen LogP contribution in [0.15, 0.2) is 35.7 Å². The second kappa shape index (κ2) is 6.60. The standard InChI is InChI=1S/C17H18N4O2S/c1-10-6-12-7-14(4-5-15(12)21(10)11(2)22)20-16(23)13-8-18-17(24-3)19-9-13/h4-5,7-10H,6H2,1-3H3,(H,20,23). The van der Waals surface area contributed by atoms with Gasteiger partial charge >= 0.3 is 0 Å². The lowest BCUT2D eigenvalue weighted by atomic mass is 10.1. The number of amides is 2. The monoisotopic (exact) mass is 342 g/mol. The quantitative estimate of drug-likeness (QED) is 0.686. The number of carbonyl (C=O) groups is 2. The average Bonchev–Trinajstić information content (AvgIpc) is 2.90. The van der Waals surface area contributed by atoms with Crippen LogP contribution in [-0.4, -0.2) is 34.1 Å². The molecule has 0 aliphatic carbocycles. The summed E-state index contributed by atoms with van der Waals surface area (Å²) in [7, 11) is 0. The summed E-state index contributed by atoms with van der Waals surface area (Å²) in [5.74, 6) is -0.221. The van der Waals surface area contributed by atoms with Crippen LogP contribution in [0.5, 0.6) is 0 Å². The molecular weight excluding hydrogens is 324 g/mol. The number of rotatable bonds is 3. The van der Waals surface area contributed by atoms with Crippen molar-refractivity contribution in [1.82, 2.24) is 9.97 Å². The molecule has 2 heterocycles. The topological polar surface area (TPSA) is 75.2 Å². The van der Waals surface area contributed by atoms with Gasteiger partial charge in [0.25, 0.3) is 5.91 Å². The van der Waals surface area contributed by atoms with E-state index < -0.39 is 0 Å². The summed E-state index contributed by atoms with van der Waals surface area (Å²) < 4.78 is 0. The van der Waals surface area contributed by atoms with E-state index in [0.717, 1.165) is 17.7 Å². The fourth-order valence-electron chi connectivity index (χ4n) is 2.93. The van der Waals surface area contributed by atoms with Crippen molar-refractivity contribution in [3.05, 3.63) is 41.7 Å². The molecule has 0 radical (unpaired) electrons. The number of nitrogens with zero attached hydrogens (tertiary/aromatic N) is 3. The number of anilines is 2. The highest BCUT2D eigenvalue weighted by Gasteiger charge is 2.28. The normalized spacial score (nSPS) is 16.0. The molecule has 6 nitrogen and oxygen atoms in total. The van der Waals surface area contributed by atoms with Gasteiger partial charge in [0.2, 0.25) is 5.91 Å². The predicted octanol–water partition coefficient (Wildman–Crippen LogP) is 2.75. The van der Waals surface area contributed by atoms with E-state index in [1.807, 2.05) is 31.4 Å². The SMILES string of the molecule is CSc1ncc(C(=O)Nc2ccc3c(c2)CC(C)N3C(C)=O)cn1. The molecule has 124 valence electrons. The number of carbonyl (C=O) groups excluding carboxylic acids is 2. The van der Waals surface area contributed by atoms with Crippen molar-refractivity contribution in [3.8, 4) is 0 Å². The summed E-state index contributed by atoms with van der Waals surface area (Å²) >= 11 is 1.42. The second-order valence-electron chi connectivity index (χ2n) is 5.70. The Hall–Kier alpha value is -2.41. The summed E-state index contributed by atoms with van der Waals surface area (Å²) in [5.41, 5.74) is 3.09. The molecule has 0 saturated carbocycles. The van der Waals surface area contributed by atoms with Crippen molar-refractivity contribution in [2.45, 2.75) is 31.5 Å². The van der Waals surface area contributed by atoms with Crippen LogP contribution in [0.1, 0.15) is 29.8 Å². The third kappa shape index (κ3) is 3.12. The number of hydrogen-bond donors (Lipinski definition) is 1. The fraction of sp³-hybridized carbons (Fsp3) is 0.294. The molecule has 2 amide bonds. The first-order valence-corrected chi connectivity index (χ1v) is 8.82. The Bertz CT molecular complexity index is 792. The maximum atomic E-state index is 12.3. The van der Waals surface area contributed by atoms with Crippen molar-refractivity contribution < 1.29 is 9.59 Å². The van der Waals surface area contributed by atoms with Gasteiger partial charge in [0.05, 0.1) is 5.56 Å². The van der Waals surface area contributed by atoms with Crippen molar-refractivity contribution >= 4 is 35.0 Å². The Kier molecular flexibility index (Phi) is 4.53. The lowest BCUT2D eigenvalue weighted by Gasteiger charge is -2.20. The lowest BCUT2D eigenvalue weighted by molar-refractivity contribution is -0.116. The van der Waals surface area contributed by atoms with Gasteiger partial charge in [-0.05, 0) is 43.4 Å². The number of benzene rings is 1. The third-order valence-corrected chi connectivity index (χ3v) is 4.54. The van der Waals surface area contributed by atoms with Crippen LogP contribution in [0.3, 0.4) is 0 Å². The second-order valence-corrected chi connectivity index (χ2v) is 6.47. The fourth-order valence-corrected chi connectivity index (χ4v) is 3.25. The highest BCUT2D eigenvalue weighted by Crippen LogP contribution is 2.34. The largest absolute Gasteiger partial charge is 0.322 e. The highest BCUT2D eigenvalue weighted by molar-refractivity contribution is 7.98. The Morgan fingerprint density at radius 3 is 2.62 bits per heavy atom. The van der Waals surface area contributed by atoms with Gasteiger partial charge in [-0.2, -0.15) is 0 Å². The number of fused-ring (bicyclic) bond motifs is 1. The first kappa shape index (κ1) is 16.4. The zero-order valence-electron chi connectivity index (χ0n) is 13.7. The molecule has 3 rings (SSSR count). The summed E-state index contributed by atoms with van der Waals surface area (Å²) in [5, 5.41) is 3.48. The van der Waals surface area contributed by atoms with E-state index in [1.165, 1.54) is 24.2 Å². The number of nitrogens with one attached hydrogen (secondary N) is 1. The van der Waals surface area contributed by atoms with Gasteiger partial charge in [0.1, 0.15) is 0 Å². The molecule has 0 spiro atoms. The van der Waals surface area contributed by atoms with Crippen molar-refractivity contribution in [2.75, 3.05) is 16.5 Å². The van der Waals surface area contributed by atoms with E-state index in [-0.39, 0.29) is 17.9 Å². The van der Waals surface area contributed by atoms with Crippen molar-refractivity contribution in [1.29, 1.82) is 0 Å². The molecule has 0 fully saturated rings. The molecule has 1 unspecified atom stereocenters. The Balaban J connectivity index is 1.78. The summed E-state index contributed by atoms with van der Waals surface area (Å²) in [4.78, 5) is 34.0. The zero-order valence-corrected chi connectivity index (χ0v) is 14.6. The molecule has 1 N–H and O–H groups in total. The van der Waals surface area contributed by atoms with Gasteiger partial charge < -0.3 is 10.2 Å². The molecule has 24 heavy (non-hydrogen) atoms. The Morgan fingerprint density at radius 2 is 2.00 bits per heavy atom. The molecular formula is C17H18N4O2S. The van der Waals surface area contributed by atoms with E-state index in [2.05, 4.69) is 15.3 Å². The molecule has 7 heteroatoms. The minimum atomic E-state index is -0.253. The van der Waals surface area contributed by atoms with Gasteiger partial charge in [-0.1, -0.05) is 11.8 Å². The van der Waals surface area contributed by atoms with Crippen LogP contribution in [0.4, 0.5) is 11.4 Å². The van der Waals surface area contributed by atoms with Crippen LogP contribution in [0.25, 0.3) is 0 Å². The number of aromatic nitrogens is 2. The van der Waals surface area contributed by atoms with Gasteiger partial charge in [0.15, 0.2) is 5.16 Å². The molecule has 0 saturated heterocycles. The number of hydrogen-bond acceptors (Lipinski definition) is 5. The molecule has 1 atom stereocenters. The average molecular weight is 342 g/mol. The predicted molar refractivity (Wildman–Crippen MR) is 94.5 cm³/mol. The summed E-state index contributed by atoms with van der Waals surface area (Å²) in [6, 6.07) is 5.74. The zero-order chi connectivity index (χ0) is 17.3. The number of thioether (sulfide) groups is 1. The van der Waals surface area contributed by atoms with E-state index >= 15 is 0 Å². The smallest absolute Gasteiger partial charge is 0.258 e. The van der Waals surface area contributed by atoms with Crippen LogP contribution < -0.4 is 10.2 Å².